The van der Waals surface area contributed by atoms with E-state index in [4.69, 9.17) is 10.1 Å². The van der Waals surface area contributed by atoms with E-state index >= 15 is 0 Å². The molecule has 0 aromatic heterocycles. The van der Waals surface area contributed by atoms with Gasteiger partial charge in [-0.15, -0.1) is 0 Å². The zero-order valence-electron chi connectivity index (χ0n) is 9.65. The van der Waals surface area contributed by atoms with Crippen LogP contribution in [0.1, 0.15) is 22.8 Å². The fourth-order valence-corrected chi connectivity index (χ4v) is 1.24. The summed E-state index contributed by atoms with van der Waals surface area (Å²) >= 11 is 0. The van der Waals surface area contributed by atoms with Gasteiger partial charge < -0.3 is 9.47 Å². The highest BCUT2D eigenvalue weighted by Crippen LogP contribution is 2.08. The molecule has 0 aliphatic carbocycles. The van der Waals surface area contributed by atoms with Gasteiger partial charge in [-0.3, -0.25) is 5.41 Å². The van der Waals surface area contributed by atoms with Gasteiger partial charge >= 0.3 is 11.9 Å². The summed E-state index contributed by atoms with van der Waals surface area (Å²) in [5, 5.41) is 7.61. The second kappa shape index (κ2) is 5.79. The number of benzene rings is 1. The Morgan fingerprint density at radius 2 is 1.94 bits per heavy atom. The summed E-state index contributed by atoms with van der Waals surface area (Å²) in [6.45, 7) is 1.87. The van der Waals surface area contributed by atoms with Crippen molar-refractivity contribution >= 4 is 17.7 Å². The van der Waals surface area contributed by atoms with E-state index in [9.17, 15) is 9.59 Å². The summed E-state index contributed by atoms with van der Waals surface area (Å²) in [4.78, 5) is 22.6. The highest BCUT2D eigenvalue weighted by Gasteiger charge is 2.14. The predicted octanol–water partition coefficient (Wildman–Crippen LogP) is 1.40. The Hall–Kier alpha value is -2.17. The van der Waals surface area contributed by atoms with E-state index in [2.05, 4.69) is 4.74 Å². The fourth-order valence-electron chi connectivity index (χ4n) is 1.24. The molecule has 0 aliphatic heterocycles. The lowest BCUT2D eigenvalue weighted by Gasteiger charge is -2.05. The van der Waals surface area contributed by atoms with E-state index in [0.29, 0.717) is 11.1 Å². The Labute approximate surface area is 98.9 Å². The van der Waals surface area contributed by atoms with Gasteiger partial charge in [-0.1, -0.05) is 12.1 Å². The molecule has 90 valence electrons. The molecule has 0 heterocycles. The zero-order chi connectivity index (χ0) is 12.8. The molecule has 5 heteroatoms. The van der Waals surface area contributed by atoms with Crippen molar-refractivity contribution in [3.63, 3.8) is 0 Å². The van der Waals surface area contributed by atoms with Gasteiger partial charge in [0.2, 0.25) is 0 Å². The number of nitrogens with one attached hydrogen (secondary N) is 1. The van der Waals surface area contributed by atoms with Crippen molar-refractivity contribution < 1.29 is 19.1 Å². The molecule has 0 radical (unpaired) electrons. The molecule has 0 spiro atoms. The third-order valence-corrected chi connectivity index (χ3v) is 2.05. The monoisotopic (exact) mass is 235 g/mol. The maximum Gasteiger partial charge on any atom is 0.356 e. The van der Waals surface area contributed by atoms with Crippen LogP contribution in [0.15, 0.2) is 24.3 Å². The minimum atomic E-state index is -0.713. The van der Waals surface area contributed by atoms with Crippen molar-refractivity contribution in [2.45, 2.75) is 6.92 Å². The number of hydrogen-bond acceptors (Lipinski definition) is 5. The second-order valence-electron chi connectivity index (χ2n) is 3.17. The van der Waals surface area contributed by atoms with E-state index < -0.39 is 11.9 Å². The average molecular weight is 235 g/mol. The highest BCUT2D eigenvalue weighted by molar-refractivity contribution is 6.42. The van der Waals surface area contributed by atoms with Crippen molar-refractivity contribution in [1.82, 2.24) is 0 Å². The van der Waals surface area contributed by atoms with E-state index in [-0.39, 0.29) is 12.3 Å². The first-order chi connectivity index (χ1) is 8.10. The number of esters is 2. The molecule has 17 heavy (non-hydrogen) atoms. The fraction of sp³-hybridized carbons (Fsp3) is 0.250. The van der Waals surface area contributed by atoms with Crippen LogP contribution < -0.4 is 0 Å². The van der Waals surface area contributed by atoms with Crippen molar-refractivity contribution in [2.75, 3.05) is 13.7 Å². The van der Waals surface area contributed by atoms with Crippen molar-refractivity contribution in [2.24, 2.45) is 0 Å². The summed E-state index contributed by atoms with van der Waals surface area (Å²) in [5.74, 6) is -1.22. The summed E-state index contributed by atoms with van der Waals surface area (Å²) in [6.07, 6.45) is 0. The van der Waals surface area contributed by atoms with Gasteiger partial charge in [0, 0.05) is 5.56 Å². The molecule has 5 nitrogen and oxygen atoms in total. The number of ether oxygens (including phenoxy) is 2. The number of carbonyl (C=O) groups excluding carboxylic acids is 2. The minimum absolute atomic E-state index is 0.206. The van der Waals surface area contributed by atoms with Gasteiger partial charge in [-0.05, 0) is 19.1 Å². The van der Waals surface area contributed by atoms with Crippen LogP contribution >= 0.6 is 0 Å². The normalized spacial score (nSPS) is 9.53. The lowest BCUT2D eigenvalue weighted by atomic mass is 10.1. The maximum atomic E-state index is 11.3. The Morgan fingerprint density at radius 3 is 2.53 bits per heavy atom. The predicted molar refractivity (Wildman–Crippen MR) is 61.2 cm³/mol. The highest BCUT2D eigenvalue weighted by atomic mass is 16.5. The lowest BCUT2D eigenvalue weighted by Crippen LogP contribution is -2.18. The number of hydrogen-bond donors (Lipinski definition) is 1. The van der Waals surface area contributed by atoms with Crippen LogP contribution in [0.5, 0.6) is 0 Å². The largest absolute Gasteiger partial charge is 0.465 e. The van der Waals surface area contributed by atoms with Crippen LogP contribution in [0.4, 0.5) is 0 Å². The molecule has 0 saturated heterocycles. The zero-order valence-corrected chi connectivity index (χ0v) is 9.65. The van der Waals surface area contributed by atoms with Gasteiger partial charge in [0.15, 0.2) is 0 Å². The van der Waals surface area contributed by atoms with E-state index in [1.165, 1.54) is 13.2 Å². The molecule has 1 N–H and O–H groups in total. The van der Waals surface area contributed by atoms with Crippen LogP contribution in [-0.2, 0) is 14.3 Å². The Bertz CT molecular complexity index is 454. The molecule has 0 saturated carbocycles. The summed E-state index contributed by atoms with van der Waals surface area (Å²) in [7, 11) is 1.27. The van der Waals surface area contributed by atoms with Crippen molar-refractivity contribution in [1.29, 1.82) is 5.41 Å². The second-order valence-corrected chi connectivity index (χ2v) is 3.17. The average Bonchev–Trinajstić information content (AvgIpc) is 2.37. The van der Waals surface area contributed by atoms with Crippen LogP contribution in [0.2, 0.25) is 0 Å². The van der Waals surface area contributed by atoms with E-state index in [1.807, 2.05) is 0 Å². The topological polar surface area (TPSA) is 76.5 Å². The Balaban J connectivity index is 2.95. The molecule has 0 atom stereocenters. The van der Waals surface area contributed by atoms with Crippen molar-refractivity contribution in [3.8, 4) is 0 Å². The summed E-state index contributed by atoms with van der Waals surface area (Å²) in [5.41, 5.74) is 0.336. The molecule has 0 bridgehead atoms. The van der Waals surface area contributed by atoms with Gasteiger partial charge in [-0.25, -0.2) is 9.59 Å². The van der Waals surface area contributed by atoms with Crippen LogP contribution in [0, 0.1) is 5.41 Å². The van der Waals surface area contributed by atoms with E-state index in [1.54, 1.807) is 25.1 Å². The van der Waals surface area contributed by atoms with Gasteiger partial charge in [0.05, 0.1) is 19.3 Å². The Kier molecular flexibility index (Phi) is 4.39. The molecule has 1 aromatic carbocycles. The van der Waals surface area contributed by atoms with Crippen LogP contribution in [-0.4, -0.2) is 31.4 Å². The maximum absolute atomic E-state index is 11.3. The molecule has 1 aromatic rings. The Morgan fingerprint density at radius 1 is 1.29 bits per heavy atom. The van der Waals surface area contributed by atoms with Crippen LogP contribution in [0.3, 0.4) is 0 Å². The summed E-state index contributed by atoms with van der Waals surface area (Å²) in [6, 6.07) is 6.11. The van der Waals surface area contributed by atoms with Crippen molar-refractivity contribution in [3.05, 3.63) is 35.4 Å². The number of methoxy groups -OCH3 is 1. The minimum Gasteiger partial charge on any atom is -0.465 e. The first kappa shape index (κ1) is 12.9. The number of carbonyl (C=O) groups is 2. The third kappa shape index (κ3) is 3.14. The third-order valence-electron chi connectivity index (χ3n) is 2.05. The van der Waals surface area contributed by atoms with Crippen LogP contribution in [0.25, 0.3) is 0 Å². The quantitative estimate of drug-likeness (QED) is 0.632. The smallest absolute Gasteiger partial charge is 0.356 e. The number of rotatable bonds is 4. The molecule has 0 fully saturated rings. The molecular formula is C12H13NO4. The molecule has 0 amide bonds. The lowest BCUT2D eigenvalue weighted by molar-refractivity contribution is -0.135. The van der Waals surface area contributed by atoms with E-state index in [0.717, 1.165) is 0 Å². The SMILES string of the molecule is CCOC(=O)C(=N)c1cccc(C(=O)OC)c1. The first-order valence-corrected chi connectivity index (χ1v) is 5.04. The first-order valence-electron chi connectivity index (χ1n) is 5.04. The summed E-state index contributed by atoms with van der Waals surface area (Å²) < 4.78 is 9.26. The molecule has 0 aliphatic rings. The molecule has 1 rings (SSSR count). The van der Waals surface area contributed by atoms with Gasteiger partial charge in [0.1, 0.15) is 5.71 Å². The standard InChI is InChI=1S/C12H13NO4/c1-3-17-12(15)10(13)8-5-4-6-9(7-8)11(14)16-2/h4-7,13H,3H2,1-2H3. The molecular weight excluding hydrogens is 222 g/mol. The van der Waals surface area contributed by atoms with Gasteiger partial charge in [0.25, 0.3) is 0 Å². The molecule has 0 unspecified atom stereocenters. The van der Waals surface area contributed by atoms with Gasteiger partial charge in [-0.2, -0.15) is 0 Å².